The van der Waals surface area contributed by atoms with Gasteiger partial charge in [0, 0.05) is 68.8 Å². The van der Waals surface area contributed by atoms with E-state index in [0.29, 0.717) is 0 Å². The van der Waals surface area contributed by atoms with Crippen molar-refractivity contribution in [3.63, 3.8) is 0 Å². The van der Waals surface area contributed by atoms with Crippen LogP contribution in [0.1, 0.15) is 34.8 Å². The fourth-order valence-corrected chi connectivity index (χ4v) is 7.26. The first-order valence-electron chi connectivity index (χ1n) is 15.9. The van der Waals surface area contributed by atoms with Gasteiger partial charge in [0.15, 0.2) is 0 Å². The van der Waals surface area contributed by atoms with Gasteiger partial charge in [0.1, 0.15) is 12.1 Å². The molecule has 0 spiro atoms. The van der Waals surface area contributed by atoms with Crippen molar-refractivity contribution in [2.75, 3.05) is 88.5 Å². The molecule has 1 atom stereocenters. The predicted octanol–water partition coefficient (Wildman–Crippen LogP) is 3.28. The number of aromatic nitrogens is 4. The van der Waals surface area contributed by atoms with Gasteiger partial charge in [-0.05, 0) is 60.8 Å². The van der Waals surface area contributed by atoms with E-state index < -0.39 is 0 Å². The summed E-state index contributed by atoms with van der Waals surface area (Å²) in [5, 5.41) is 1.31. The van der Waals surface area contributed by atoms with Crippen LogP contribution in [0.2, 0.25) is 0 Å². The molecule has 4 aliphatic heterocycles. The summed E-state index contributed by atoms with van der Waals surface area (Å²) >= 11 is 0. The van der Waals surface area contributed by atoms with Crippen molar-refractivity contribution in [3.8, 4) is 5.75 Å². The molecule has 10 nitrogen and oxygen atoms in total. The van der Waals surface area contributed by atoms with E-state index in [9.17, 15) is 0 Å². The largest absolute Gasteiger partial charge is 0.493 e. The molecule has 2 aromatic heterocycles. The fourth-order valence-electron chi connectivity index (χ4n) is 7.26. The van der Waals surface area contributed by atoms with Gasteiger partial charge in [-0.3, -0.25) is 9.80 Å². The van der Waals surface area contributed by atoms with Gasteiger partial charge in [-0.2, -0.15) is 4.98 Å². The summed E-state index contributed by atoms with van der Waals surface area (Å²) in [4.78, 5) is 28.1. The number of fused-ring (bicyclic) bond motifs is 4. The summed E-state index contributed by atoms with van der Waals surface area (Å²) in [6, 6.07) is 15.3. The van der Waals surface area contributed by atoms with Crippen LogP contribution in [0, 0.1) is 0 Å². The SMILES string of the molecule is c1ccc2c3c([nH]c2c1)C(c1ccc2c(c1)CCO2)N(c1ncnc(N2CCN(CCCN4CCOCC4)CC2)n1)CC3. The molecule has 0 radical (unpaired) electrons. The number of hydrogen-bond acceptors (Lipinski definition) is 9. The Labute approximate surface area is 252 Å². The maximum absolute atomic E-state index is 5.84. The van der Waals surface area contributed by atoms with Crippen LogP contribution in [0.25, 0.3) is 10.9 Å². The molecular formula is C33H40N8O2. The minimum absolute atomic E-state index is 0.0133. The Hall–Kier alpha value is -3.73. The highest BCUT2D eigenvalue weighted by molar-refractivity contribution is 5.86. The van der Waals surface area contributed by atoms with Crippen molar-refractivity contribution >= 4 is 22.8 Å². The van der Waals surface area contributed by atoms with Gasteiger partial charge in [-0.1, -0.05) is 24.3 Å². The van der Waals surface area contributed by atoms with Crippen molar-refractivity contribution in [2.45, 2.75) is 25.3 Å². The first kappa shape index (κ1) is 26.9. The zero-order valence-corrected chi connectivity index (χ0v) is 24.7. The van der Waals surface area contributed by atoms with Crippen LogP contribution in [0.15, 0.2) is 48.8 Å². The lowest BCUT2D eigenvalue weighted by molar-refractivity contribution is 0.0360. The Balaban J connectivity index is 1.02. The number of anilines is 2. The summed E-state index contributed by atoms with van der Waals surface area (Å²) in [7, 11) is 0. The standard InChI is InChI=1S/C33H40N8O2/c1-2-5-28-26(4-1)27-8-12-41(31(30(27)36-28)25-6-7-29-24(22-25)9-19-43-29)33-35-23-34-32(37-33)40-15-13-38(14-16-40)10-3-11-39-17-20-42-21-18-39/h1-2,4-7,22-23,31,36H,3,8-21H2. The molecule has 1 unspecified atom stereocenters. The highest BCUT2D eigenvalue weighted by atomic mass is 16.5. The third-order valence-electron chi connectivity index (χ3n) is 9.57. The second-order valence-corrected chi connectivity index (χ2v) is 12.1. The fraction of sp³-hybridized carbons (Fsp3) is 0.485. The lowest BCUT2D eigenvalue weighted by Crippen LogP contribution is -2.48. The van der Waals surface area contributed by atoms with Crippen LogP contribution in [-0.2, 0) is 17.6 Å². The average molecular weight is 581 g/mol. The van der Waals surface area contributed by atoms with Gasteiger partial charge in [0.25, 0.3) is 0 Å². The summed E-state index contributed by atoms with van der Waals surface area (Å²) in [6.07, 6.45) is 4.79. The normalized spacial score (nSPS) is 21.2. The monoisotopic (exact) mass is 580 g/mol. The lowest BCUT2D eigenvalue weighted by Gasteiger charge is -2.37. The first-order chi connectivity index (χ1) is 21.3. The second-order valence-electron chi connectivity index (χ2n) is 12.1. The van der Waals surface area contributed by atoms with Gasteiger partial charge in [-0.25, -0.2) is 9.97 Å². The van der Waals surface area contributed by atoms with E-state index in [4.69, 9.17) is 19.4 Å². The van der Waals surface area contributed by atoms with Gasteiger partial charge in [0.2, 0.25) is 11.9 Å². The molecule has 0 amide bonds. The molecule has 4 aromatic rings. The molecule has 2 saturated heterocycles. The number of rotatable bonds is 7. The summed E-state index contributed by atoms with van der Waals surface area (Å²) in [5.74, 6) is 2.52. The Kier molecular flexibility index (Phi) is 7.34. The number of piperazine rings is 1. The quantitative estimate of drug-likeness (QED) is 0.354. The van der Waals surface area contributed by atoms with Crippen LogP contribution in [0.5, 0.6) is 5.75 Å². The molecule has 1 N–H and O–H groups in total. The Morgan fingerprint density at radius 2 is 1.63 bits per heavy atom. The minimum Gasteiger partial charge on any atom is -0.493 e. The maximum Gasteiger partial charge on any atom is 0.230 e. The maximum atomic E-state index is 5.84. The van der Waals surface area contributed by atoms with Gasteiger partial charge in [0.05, 0.1) is 25.9 Å². The third-order valence-corrected chi connectivity index (χ3v) is 9.57. The summed E-state index contributed by atoms with van der Waals surface area (Å²) in [5.41, 5.74) is 6.33. The van der Waals surface area contributed by atoms with E-state index >= 15 is 0 Å². The van der Waals surface area contributed by atoms with Crippen molar-refractivity contribution in [3.05, 3.63) is 71.2 Å². The molecule has 10 heteroatoms. The highest BCUT2D eigenvalue weighted by Gasteiger charge is 2.34. The number of aromatic amines is 1. The van der Waals surface area contributed by atoms with Crippen molar-refractivity contribution in [1.29, 1.82) is 0 Å². The molecule has 0 bridgehead atoms. The van der Waals surface area contributed by atoms with Crippen molar-refractivity contribution < 1.29 is 9.47 Å². The third kappa shape index (κ3) is 5.32. The number of H-pyrrole nitrogens is 1. The van der Waals surface area contributed by atoms with E-state index in [0.717, 1.165) is 109 Å². The van der Waals surface area contributed by atoms with Gasteiger partial charge < -0.3 is 24.3 Å². The molecule has 6 heterocycles. The molecule has 8 rings (SSSR count). The van der Waals surface area contributed by atoms with E-state index in [1.807, 2.05) is 0 Å². The topological polar surface area (TPSA) is 85.9 Å². The molecule has 2 aromatic carbocycles. The Morgan fingerprint density at radius 3 is 2.51 bits per heavy atom. The van der Waals surface area contributed by atoms with Crippen LogP contribution < -0.4 is 14.5 Å². The number of morpholine rings is 1. The van der Waals surface area contributed by atoms with E-state index in [-0.39, 0.29) is 6.04 Å². The molecule has 0 saturated carbocycles. The van der Waals surface area contributed by atoms with Crippen LogP contribution in [0.3, 0.4) is 0 Å². The number of para-hydroxylation sites is 1. The highest BCUT2D eigenvalue weighted by Crippen LogP contribution is 2.41. The number of nitrogens with zero attached hydrogens (tertiary/aromatic N) is 7. The number of nitrogens with one attached hydrogen (secondary N) is 1. The Bertz CT molecular complexity index is 1580. The molecule has 43 heavy (non-hydrogen) atoms. The molecule has 224 valence electrons. The van der Waals surface area contributed by atoms with Gasteiger partial charge >= 0.3 is 0 Å². The molecule has 2 fully saturated rings. The van der Waals surface area contributed by atoms with Crippen molar-refractivity contribution in [2.24, 2.45) is 0 Å². The van der Waals surface area contributed by atoms with Crippen LogP contribution in [0.4, 0.5) is 11.9 Å². The zero-order valence-electron chi connectivity index (χ0n) is 24.7. The smallest absolute Gasteiger partial charge is 0.230 e. The zero-order chi connectivity index (χ0) is 28.6. The number of benzene rings is 2. The van der Waals surface area contributed by atoms with Gasteiger partial charge in [-0.15, -0.1) is 0 Å². The van der Waals surface area contributed by atoms with Crippen LogP contribution in [-0.4, -0.2) is 108 Å². The Morgan fingerprint density at radius 1 is 0.814 bits per heavy atom. The summed E-state index contributed by atoms with van der Waals surface area (Å²) < 4.78 is 11.3. The molecule has 4 aliphatic rings. The van der Waals surface area contributed by atoms with E-state index in [1.54, 1.807) is 6.33 Å². The predicted molar refractivity (Wildman–Crippen MR) is 167 cm³/mol. The average Bonchev–Trinajstić information content (AvgIpc) is 3.69. The molecular weight excluding hydrogens is 540 g/mol. The molecule has 0 aliphatic carbocycles. The van der Waals surface area contributed by atoms with E-state index in [2.05, 4.69) is 72.0 Å². The number of ether oxygens (including phenoxy) is 2. The summed E-state index contributed by atoms with van der Waals surface area (Å²) in [6.45, 7) is 11.7. The minimum atomic E-state index is -0.0133. The van der Waals surface area contributed by atoms with Crippen molar-refractivity contribution in [1.82, 2.24) is 29.7 Å². The number of hydrogen-bond donors (Lipinski definition) is 1. The second kappa shape index (κ2) is 11.7. The first-order valence-corrected chi connectivity index (χ1v) is 15.9. The van der Waals surface area contributed by atoms with E-state index in [1.165, 1.54) is 39.7 Å². The van der Waals surface area contributed by atoms with Crippen LogP contribution >= 0.6 is 0 Å². The lowest BCUT2D eigenvalue weighted by atomic mass is 9.91.